The molecular weight excluding hydrogens is 606 g/mol. The molecule has 2 amide bonds. The van der Waals surface area contributed by atoms with Crippen molar-refractivity contribution >= 4 is 39.1 Å². The standard InChI is InChI=1S/C36H40ClN3O4S/c1-26(2)23-38-36(42)34(22-29-11-6-5-7-12-29)39(24-30-13-9-8-10-28(30)4)35(41)25-40(32-18-14-27(3)15-19-32)45(43,44)33-20-16-31(37)17-21-33/h5-21,26,34H,22-25H2,1-4H3,(H,38,42). The zero-order chi connectivity index (χ0) is 32.6. The predicted molar refractivity (Wildman–Crippen MR) is 181 cm³/mol. The lowest BCUT2D eigenvalue weighted by Crippen LogP contribution is -2.53. The van der Waals surface area contributed by atoms with Crippen molar-refractivity contribution < 1.29 is 18.0 Å². The van der Waals surface area contributed by atoms with Gasteiger partial charge < -0.3 is 10.2 Å². The van der Waals surface area contributed by atoms with Crippen LogP contribution < -0.4 is 9.62 Å². The zero-order valence-corrected chi connectivity index (χ0v) is 27.7. The maximum atomic E-state index is 14.5. The number of sulfonamides is 1. The van der Waals surface area contributed by atoms with E-state index in [9.17, 15) is 18.0 Å². The smallest absolute Gasteiger partial charge is 0.264 e. The number of amides is 2. The van der Waals surface area contributed by atoms with Crippen LogP contribution in [-0.4, -0.2) is 44.3 Å². The summed E-state index contributed by atoms with van der Waals surface area (Å²) < 4.78 is 29.3. The third kappa shape index (κ3) is 8.96. The van der Waals surface area contributed by atoms with Crippen molar-refractivity contribution in [2.24, 2.45) is 5.92 Å². The lowest BCUT2D eigenvalue weighted by Gasteiger charge is -2.34. The van der Waals surface area contributed by atoms with Gasteiger partial charge >= 0.3 is 0 Å². The minimum absolute atomic E-state index is 0.00115. The molecule has 0 aliphatic heterocycles. The number of hydrogen-bond acceptors (Lipinski definition) is 4. The molecule has 0 spiro atoms. The number of nitrogens with one attached hydrogen (secondary N) is 1. The summed E-state index contributed by atoms with van der Waals surface area (Å²) in [4.78, 5) is 29.9. The second kappa shape index (κ2) is 15.2. The Morgan fingerprint density at radius 1 is 0.822 bits per heavy atom. The normalized spacial score (nSPS) is 12.0. The third-order valence-electron chi connectivity index (χ3n) is 7.56. The molecule has 0 heterocycles. The van der Waals surface area contributed by atoms with Gasteiger partial charge in [-0.3, -0.25) is 13.9 Å². The number of carbonyl (C=O) groups is 2. The van der Waals surface area contributed by atoms with Crippen LogP contribution in [0.25, 0.3) is 0 Å². The Kier molecular flexibility index (Phi) is 11.4. The Morgan fingerprint density at radius 3 is 2.07 bits per heavy atom. The van der Waals surface area contributed by atoms with Gasteiger partial charge in [-0.1, -0.05) is 97.7 Å². The molecule has 0 radical (unpaired) electrons. The molecule has 0 fully saturated rings. The van der Waals surface area contributed by atoms with Gasteiger partial charge in [0.25, 0.3) is 10.0 Å². The van der Waals surface area contributed by atoms with E-state index in [1.807, 2.05) is 82.3 Å². The van der Waals surface area contributed by atoms with Crippen molar-refractivity contribution in [3.8, 4) is 0 Å². The van der Waals surface area contributed by atoms with Crippen molar-refractivity contribution in [3.05, 3.63) is 130 Å². The van der Waals surface area contributed by atoms with Crippen molar-refractivity contribution in [1.82, 2.24) is 10.2 Å². The van der Waals surface area contributed by atoms with Crippen LogP contribution in [-0.2, 0) is 32.6 Å². The molecule has 4 aromatic rings. The Balaban J connectivity index is 1.80. The van der Waals surface area contributed by atoms with E-state index >= 15 is 0 Å². The van der Waals surface area contributed by atoms with E-state index in [-0.39, 0.29) is 29.7 Å². The molecule has 0 saturated heterocycles. The number of hydrogen-bond donors (Lipinski definition) is 1. The van der Waals surface area contributed by atoms with Gasteiger partial charge in [0.1, 0.15) is 12.6 Å². The summed E-state index contributed by atoms with van der Waals surface area (Å²) in [5.41, 5.74) is 3.99. The van der Waals surface area contributed by atoms with Crippen LogP contribution in [0, 0.1) is 19.8 Å². The van der Waals surface area contributed by atoms with Gasteiger partial charge in [0.15, 0.2) is 0 Å². The molecule has 9 heteroatoms. The quantitative estimate of drug-likeness (QED) is 0.178. The van der Waals surface area contributed by atoms with E-state index in [0.29, 0.717) is 17.3 Å². The summed E-state index contributed by atoms with van der Waals surface area (Å²) in [7, 11) is -4.19. The summed E-state index contributed by atoms with van der Waals surface area (Å²) in [6.07, 6.45) is 0.261. The molecule has 7 nitrogen and oxygen atoms in total. The number of anilines is 1. The Hall–Kier alpha value is -4.14. The number of halogens is 1. The molecule has 1 unspecified atom stereocenters. The monoisotopic (exact) mass is 645 g/mol. The fourth-order valence-corrected chi connectivity index (χ4v) is 6.46. The molecule has 1 N–H and O–H groups in total. The molecule has 1 atom stereocenters. The Bertz CT molecular complexity index is 1690. The number of nitrogens with zero attached hydrogens (tertiary/aromatic N) is 2. The second-order valence-electron chi connectivity index (χ2n) is 11.6. The van der Waals surface area contributed by atoms with E-state index in [2.05, 4.69) is 5.32 Å². The molecule has 4 rings (SSSR count). The maximum absolute atomic E-state index is 14.5. The fraction of sp³-hybridized carbons (Fsp3) is 0.278. The molecule has 4 aromatic carbocycles. The SMILES string of the molecule is Cc1ccc(N(CC(=O)N(Cc2ccccc2C)C(Cc2ccccc2)C(=O)NCC(C)C)S(=O)(=O)c2ccc(Cl)cc2)cc1. The van der Waals surface area contributed by atoms with Crippen molar-refractivity contribution in [3.63, 3.8) is 0 Å². The highest BCUT2D eigenvalue weighted by molar-refractivity contribution is 7.92. The molecule has 0 aromatic heterocycles. The highest BCUT2D eigenvalue weighted by Crippen LogP contribution is 2.26. The van der Waals surface area contributed by atoms with Crippen LogP contribution in [0.3, 0.4) is 0 Å². The van der Waals surface area contributed by atoms with Gasteiger partial charge in [0.05, 0.1) is 10.6 Å². The summed E-state index contributed by atoms with van der Waals surface area (Å²) in [6, 6.07) is 29.1. The highest BCUT2D eigenvalue weighted by atomic mass is 35.5. The molecule has 45 heavy (non-hydrogen) atoms. The molecule has 236 valence electrons. The first-order valence-corrected chi connectivity index (χ1v) is 16.8. The van der Waals surface area contributed by atoms with Crippen molar-refractivity contribution in [2.75, 3.05) is 17.4 Å². The number of carbonyl (C=O) groups excluding carboxylic acids is 2. The zero-order valence-electron chi connectivity index (χ0n) is 26.1. The molecular formula is C36H40ClN3O4S. The van der Waals surface area contributed by atoms with Gasteiger partial charge in [-0.05, 0) is 72.9 Å². The average Bonchev–Trinajstić information content (AvgIpc) is 3.02. The fourth-order valence-electron chi connectivity index (χ4n) is 4.92. The summed E-state index contributed by atoms with van der Waals surface area (Å²) in [5, 5.41) is 3.41. The first-order chi connectivity index (χ1) is 21.5. The van der Waals surface area contributed by atoms with Crippen molar-refractivity contribution in [2.45, 2.75) is 51.6 Å². The van der Waals surface area contributed by atoms with Gasteiger partial charge in [-0.25, -0.2) is 8.42 Å². The molecule has 0 aliphatic rings. The van der Waals surface area contributed by atoms with E-state index < -0.39 is 28.5 Å². The first kappa shape index (κ1) is 33.7. The van der Waals surface area contributed by atoms with Gasteiger partial charge in [-0.15, -0.1) is 0 Å². The number of benzene rings is 4. The molecule has 0 bridgehead atoms. The van der Waals surface area contributed by atoms with Crippen LogP contribution in [0.2, 0.25) is 5.02 Å². The number of aryl methyl sites for hydroxylation is 2. The lowest BCUT2D eigenvalue weighted by atomic mass is 10.0. The van der Waals surface area contributed by atoms with Crippen LogP contribution in [0.5, 0.6) is 0 Å². The largest absolute Gasteiger partial charge is 0.354 e. The summed E-state index contributed by atoms with van der Waals surface area (Å²) in [5.74, 6) is -0.595. The van der Waals surface area contributed by atoms with E-state index in [1.165, 1.54) is 29.2 Å². The van der Waals surface area contributed by atoms with E-state index in [1.54, 1.807) is 24.3 Å². The molecule has 0 aliphatic carbocycles. The van der Waals surface area contributed by atoms with Gasteiger partial charge in [0.2, 0.25) is 11.8 Å². The second-order valence-corrected chi connectivity index (χ2v) is 13.9. The van der Waals surface area contributed by atoms with Crippen molar-refractivity contribution in [1.29, 1.82) is 0 Å². The number of rotatable bonds is 13. The topological polar surface area (TPSA) is 86.8 Å². The Labute approximate surface area is 271 Å². The average molecular weight is 646 g/mol. The van der Waals surface area contributed by atoms with E-state index in [0.717, 1.165) is 26.6 Å². The Morgan fingerprint density at radius 2 is 1.44 bits per heavy atom. The van der Waals surface area contributed by atoms with Gasteiger partial charge in [-0.2, -0.15) is 0 Å². The summed E-state index contributed by atoms with van der Waals surface area (Å²) >= 11 is 6.06. The third-order valence-corrected chi connectivity index (χ3v) is 9.60. The van der Waals surface area contributed by atoms with Crippen LogP contribution in [0.1, 0.15) is 36.1 Å². The summed E-state index contributed by atoms with van der Waals surface area (Å²) in [6.45, 7) is 7.92. The highest BCUT2D eigenvalue weighted by Gasteiger charge is 2.34. The minimum Gasteiger partial charge on any atom is -0.354 e. The van der Waals surface area contributed by atoms with Crippen LogP contribution >= 0.6 is 11.6 Å². The van der Waals surface area contributed by atoms with Crippen LogP contribution in [0.4, 0.5) is 5.69 Å². The lowest BCUT2D eigenvalue weighted by molar-refractivity contribution is -0.140. The molecule has 0 saturated carbocycles. The first-order valence-electron chi connectivity index (χ1n) is 15.0. The minimum atomic E-state index is -4.19. The van der Waals surface area contributed by atoms with Crippen LogP contribution in [0.15, 0.2) is 108 Å². The maximum Gasteiger partial charge on any atom is 0.264 e. The predicted octanol–water partition coefficient (Wildman–Crippen LogP) is 6.56. The van der Waals surface area contributed by atoms with Gasteiger partial charge in [0, 0.05) is 24.5 Å². The van der Waals surface area contributed by atoms with E-state index in [4.69, 9.17) is 11.6 Å².